The predicted molar refractivity (Wildman–Crippen MR) is 111 cm³/mol. The smallest absolute Gasteiger partial charge is 0.387 e. The first-order valence-corrected chi connectivity index (χ1v) is 8.89. The van der Waals surface area contributed by atoms with Crippen molar-refractivity contribution in [2.24, 2.45) is 10.9 Å². The second kappa shape index (κ2) is 13.1. The van der Waals surface area contributed by atoms with Gasteiger partial charge in [-0.2, -0.15) is 8.78 Å². The van der Waals surface area contributed by atoms with Gasteiger partial charge in [0.25, 0.3) is 0 Å². The molecule has 0 radical (unpaired) electrons. The van der Waals surface area contributed by atoms with E-state index < -0.39 is 12.7 Å². The van der Waals surface area contributed by atoms with Gasteiger partial charge in [-0.1, -0.05) is 18.2 Å². The van der Waals surface area contributed by atoms with Gasteiger partial charge in [-0.15, -0.1) is 24.0 Å². The molecule has 1 aliphatic carbocycles. The lowest BCUT2D eigenvalue weighted by molar-refractivity contribution is -0.0504. The van der Waals surface area contributed by atoms with E-state index in [-0.39, 0.29) is 49.4 Å². The van der Waals surface area contributed by atoms with E-state index in [1.807, 2.05) is 6.92 Å². The molecule has 9 heteroatoms. The second-order valence-corrected chi connectivity index (χ2v) is 6.20. The van der Waals surface area contributed by atoms with Crippen LogP contribution in [0.1, 0.15) is 25.3 Å². The van der Waals surface area contributed by atoms with Crippen molar-refractivity contribution >= 4 is 29.9 Å². The zero-order valence-corrected chi connectivity index (χ0v) is 17.7. The van der Waals surface area contributed by atoms with Crippen LogP contribution in [0.4, 0.5) is 8.78 Å². The number of nitrogens with zero attached hydrogens (tertiary/aromatic N) is 1. The van der Waals surface area contributed by atoms with Crippen LogP contribution in [-0.4, -0.2) is 50.1 Å². The van der Waals surface area contributed by atoms with E-state index in [4.69, 9.17) is 4.74 Å². The number of para-hydroxylation sites is 1. The van der Waals surface area contributed by atoms with Crippen molar-refractivity contribution in [3.63, 3.8) is 0 Å². The van der Waals surface area contributed by atoms with Gasteiger partial charge in [0.2, 0.25) is 0 Å². The Hall–Kier alpha value is -1.20. The zero-order chi connectivity index (χ0) is 18.8. The summed E-state index contributed by atoms with van der Waals surface area (Å²) in [6, 6.07) is 6.54. The molecular weight excluding hydrogens is 471 g/mol. The summed E-state index contributed by atoms with van der Waals surface area (Å²) in [5.41, 5.74) is 0.554. The Bertz CT molecular complexity index is 575. The molecule has 1 saturated carbocycles. The number of guanidine groups is 1. The molecule has 1 aliphatic rings. The molecule has 0 aromatic heterocycles. The SMILES string of the molecule is CCNC(=NCc1ccccc1OC(F)F)NCC(O)COCC1CC1.I. The largest absolute Gasteiger partial charge is 0.434 e. The first kappa shape index (κ1) is 23.8. The molecule has 0 heterocycles. The number of hydrogen-bond donors (Lipinski definition) is 3. The van der Waals surface area contributed by atoms with Crippen molar-refractivity contribution in [3.05, 3.63) is 29.8 Å². The topological polar surface area (TPSA) is 75.1 Å². The Morgan fingerprint density at radius 2 is 2.04 bits per heavy atom. The maximum atomic E-state index is 12.5. The monoisotopic (exact) mass is 499 g/mol. The third kappa shape index (κ3) is 10.1. The summed E-state index contributed by atoms with van der Waals surface area (Å²) in [5, 5.41) is 16.0. The summed E-state index contributed by atoms with van der Waals surface area (Å²) >= 11 is 0. The summed E-state index contributed by atoms with van der Waals surface area (Å²) in [6.45, 7) is 1.10. The van der Waals surface area contributed by atoms with Crippen LogP contribution in [0.2, 0.25) is 0 Å². The van der Waals surface area contributed by atoms with E-state index in [0.29, 0.717) is 30.6 Å². The van der Waals surface area contributed by atoms with E-state index in [0.717, 1.165) is 0 Å². The lowest BCUT2D eigenvalue weighted by Gasteiger charge is -2.16. The highest BCUT2D eigenvalue weighted by Gasteiger charge is 2.21. The van der Waals surface area contributed by atoms with Crippen LogP contribution >= 0.6 is 24.0 Å². The molecule has 0 amide bonds. The molecule has 6 nitrogen and oxygen atoms in total. The number of aliphatic hydroxyl groups is 1. The first-order valence-electron chi connectivity index (χ1n) is 8.89. The van der Waals surface area contributed by atoms with Crippen LogP contribution in [0, 0.1) is 5.92 Å². The van der Waals surface area contributed by atoms with Crippen molar-refractivity contribution in [2.75, 3.05) is 26.3 Å². The minimum atomic E-state index is -2.88. The normalized spacial score (nSPS) is 15.2. The first-order chi connectivity index (χ1) is 12.6. The average molecular weight is 499 g/mol. The lowest BCUT2D eigenvalue weighted by atomic mass is 10.2. The van der Waals surface area contributed by atoms with Crippen LogP contribution in [-0.2, 0) is 11.3 Å². The van der Waals surface area contributed by atoms with Gasteiger partial charge in [0.1, 0.15) is 5.75 Å². The number of ether oxygens (including phenoxy) is 2. The quantitative estimate of drug-likeness (QED) is 0.248. The molecule has 1 aromatic rings. The van der Waals surface area contributed by atoms with Crippen LogP contribution in [0.3, 0.4) is 0 Å². The summed E-state index contributed by atoms with van der Waals surface area (Å²) in [4.78, 5) is 4.36. The van der Waals surface area contributed by atoms with Crippen molar-refractivity contribution in [2.45, 2.75) is 39.0 Å². The Morgan fingerprint density at radius 3 is 2.70 bits per heavy atom. The number of halogens is 3. The van der Waals surface area contributed by atoms with E-state index in [1.165, 1.54) is 18.9 Å². The minimum absolute atomic E-state index is 0. The fraction of sp³-hybridized carbons (Fsp3) is 0.611. The van der Waals surface area contributed by atoms with Gasteiger partial charge in [-0.05, 0) is 31.7 Å². The van der Waals surface area contributed by atoms with Gasteiger partial charge in [-0.25, -0.2) is 4.99 Å². The number of benzene rings is 1. The molecule has 2 rings (SSSR count). The van der Waals surface area contributed by atoms with Gasteiger partial charge < -0.3 is 25.2 Å². The van der Waals surface area contributed by atoms with Crippen LogP contribution < -0.4 is 15.4 Å². The maximum Gasteiger partial charge on any atom is 0.387 e. The summed E-state index contributed by atoms with van der Waals surface area (Å²) in [7, 11) is 0. The Kier molecular flexibility index (Phi) is 11.5. The maximum absolute atomic E-state index is 12.5. The van der Waals surface area contributed by atoms with Gasteiger partial charge in [0.15, 0.2) is 5.96 Å². The Morgan fingerprint density at radius 1 is 1.30 bits per heavy atom. The average Bonchev–Trinajstić information content (AvgIpc) is 3.42. The van der Waals surface area contributed by atoms with Crippen LogP contribution in [0.5, 0.6) is 5.75 Å². The number of aliphatic imine (C=N–C) groups is 1. The molecule has 1 unspecified atom stereocenters. The summed E-state index contributed by atoms with van der Waals surface area (Å²) in [6.07, 6.45) is 1.78. The van der Waals surface area contributed by atoms with E-state index in [9.17, 15) is 13.9 Å². The van der Waals surface area contributed by atoms with Crippen molar-refractivity contribution in [1.29, 1.82) is 0 Å². The number of rotatable bonds is 11. The van der Waals surface area contributed by atoms with Gasteiger partial charge >= 0.3 is 6.61 Å². The molecule has 0 aliphatic heterocycles. The fourth-order valence-corrected chi connectivity index (χ4v) is 2.28. The standard InChI is InChI=1S/C18H27F2N3O3.HI/c1-2-21-18(23-10-15(24)12-25-11-13-7-8-13)22-9-14-5-3-4-6-16(14)26-17(19)20;/h3-6,13,15,17,24H,2,7-12H2,1H3,(H2,21,22,23);1H. The molecule has 1 fully saturated rings. The number of alkyl halides is 2. The fourth-order valence-electron chi connectivity index (χ4n) is 2.28. The van der Waals surface area contributed by atoms with Crippen molar-refractivity contribution < 1.29 is 23.4 Å². The molecule has 27 heavy (non-hydrogen) atoms. The molecule has 0 saturated heterocycles. The second-order valence-electron chi connectivity index (χ2n) is 6.20. The summed E-state index contributed by atoms with van der Waals surface area (Å²) in [5.74, 6) is 1.25. The summed E-state index contributed by atoms with van der Waals surface area (Å²) < 4.78 is 34.9. The van der Waals surface area contributed by atoms with E-state index in [1.54, 1.807) is 18.2 Å². The number of nitrogens with one attached hydrogen (secondary N) is 2. The molecule has 3 N–H and O–H groups in total. The molecule has 154 valence electrons. The van der Waals surface area contributed by atoms with Gasteiger partial charge in [0, 0.05) is 25.3 Å². The van der Waals surface area contributed by atoms with Crippen molar-refractivity contribution in [1.82, 2.24) is 10.6 Å². The molecular formula is C18H28F2IN3O3. The highest BCUT2D eigenvalue weighted by molar-refractivity contribution is 14.0. The lowest BCUT2D eigenvalue weighted by Crippen LogP contribution is -2.42. The van der Waals surface area contributed by atoms with Crippen LogP contribution in [0.15, 0.2) is 29.3 Å². The van der Waals surface area contributed by atoms with E-state index >= 15 is 0 Å². The van der Waals surface area contributed by atoms with Gasteiger partial charge in [0.05, 0.1) is 19.3 Å². The predicted octanol–water partition coefficient (Wildman–Crippen LogP) is 2.75. The van der Waals surface area contributed by atoms with Crippen LogP contribution in [0.25, 0.3) is 0 Å². The van der Waals surface area contributed by atoms with Gasteiger partial charge in [-0.3, -0.25) is 0 Å². The Labute approximate surface area is 175 Å². The third-order valence-corrected chi connectivity index (χ3v) is 3.81. The molecule has 0 bridgehead atoms. The number of aliphatic hydroxyl groups excluding tert-OH is 1. The van der Waals surface area contributed by atoms with E-state index in [2.05, 4.69) is 20.4 Å². The van der Waals surface area contributed by atoms with Crippen molar-refractivity contribution in [3.8, 4) is 5.75 Å². The minimum Gasteiger partial charge on any atom is -0.434 e. The highest BCUT2D eigenvalue weighted by atomic mass is 127. The molecule has 0 spiro atoms. The Balaban J connectivity index is 0.00000364. The molecule has 1 aromatic carbocycles. The molecule has 1 atom stereocenters. The zero-order valence-electron chi connectivity index (χ0n) is 15.4. The number of hydrogen-bond acceptors (Lipinski definition) is 4. The highest BCUT2D eigenvalue weighted by Crippen LogP contribution is 2.28. The third-order valence-electron chi connectivity index (χ3n) is 3.81.